The predicted molar refractivity (Wildman–Crippen MR) is 94.8 cm³/mol. The van der Waals surface area contributed by atoms with Crippen molar-refractivity contribution in [3.63, 3.8) is 0 Å². The first-order valence-electron chi connectivity index (χ1n) is 7.67. The molecule has 1 heterocycles. The number of rotatable bonds is 7. The molecule has 1 atom stereocenters. The van der Waals surface area contributed by atoms with Crippen LogP contribution in [0.25, 0.3) is 0 Å². The molecule has 6 heteroatoms. The number of nitrogens with one attached hydrogen (secondary N) is 1. The van der Waals surface area contributed by atoms with Gasteiger partial charge in [-0.25, -0.2) is 13.1 Å². The lowest BCUT2D eigenvalue weighted by Gasteiger charge is -2.18. The highest BCUT2D eigenvalue weighted by molar-refractivity contribution is 9.10. The van der Waals surface area contributed by atoms with Gasteiger partial charge < -0.3 is 0 Å². The molecule has 0 radical (unpaired) electrons. The lowest BCUT2D eigenvalue weighted by atomic mass is 9.93. The van der Waals surface area contributed by atoms with E-state index in [0.717, 1.165) is 34.9 Å². The van der Waals surface area contributed by atoms with Crippen molar-refractivity contribution in [1.82, 2.24) is 9.71 Å². The molecular weight excluding hydrogens is 376 g/mol. The third-order valence-electron chi connectivity index (χ3n) is 4.01. The minimum Gasteiger partial charge on any atom is -0.263 e. The van der Waals surface area contributed by atoms with Crippen LogP contribution in [0, 0.1) is 0 Å². The monoisotopic (exact) mass is 394 g/mol. The Bertz CT molecular complexity index is 761. The van der Waals surface area contributed by atoms with Gasteiger partial charge in [-0.3, -0.25) is 4.98 Å². The van der Waals surface area contributed by atoms with Crippen molar-refractivity contribution in [2.45, 2.75) is 30.4 Å². The highest BCUT2D eigenvalue weighted by atomic mass is 79.9. The van der Waals surface area contributed by atoms with Gasteiger partial charge >= 0.3 is 0 Å². The van der Waals surface area contributed by atoms with Gasteiger partial charge in [0.15, 0.2) is 0 Å². The van der Waals surface area contributed by atoms with E-state index in [-0.39, 0.29) is 11.2 Å². The van der Waals surface area contributed by atoms with Crippen molar-refractivity contribution < 1.29 is 8.42 Å². The molecule has 0 aliphatic heterocycles. The fourth-order valence-corrected chi connectivity index (χ4v) is 4.44. The molecule has 0 amide bonds. The van der Waals surface area contributed by atoms with Gasteiger partial charge in [-0.05, 0) is 52.4 Å². The number of nitrogens with zero attached hydrogens (tertiary/aromatic N) is 1. The summed E-state index contributed by atoms with van der Waals surface area (Å²) in [4.78, 5) is 4.19. The van der Waals surface area contributed by atoms with Crippen LogP contribution in [0.2, 0.25) is 0 Å². The Labute approximate surface area is 145 Å². The smallest absolute Gasteiger partial charge is 0.214 e. The van der Waals surface area contributed by atoms with Crippen molar-refractivity contribution in [2.24, 2.45) is 0 Å². The summed E-state index contributed by atoms with van der Waals surface area (Å²) in [5.41, 5.74) is 2.21. The van der Waals surface area contributed by atoms with Crippen LogP contribution in [0.4, 0.5) is 0 Å². The molecular formula is C17H19BrN2O2S. The molecule has 2 aromatic rings. The van der Waals surface area contributed by atoms with Crippen molar-refractivity contribution in [1.29, 1.82) is 0 Å². The first kappa shape index (κ1) is 16.6. The Morgan fingerprint density at radius 3 is 2.61 bits per heavy atom. The average Bonchev–Trinajstić information content (AvgIpc) is 3.38. The molecule has 1 aromatic carbocycles. The first-order chi connectivity index (χ1) is 11.0. The van der Waals surface area contributed by atoms with E-state index < -0.39 is 10.0 Å². The number of sulfonamides is 1. The van der Waals surface area contributed by atoms with Gasteiger partial charge in [0.25, 0.3) is 0 Å². The Balaban J connectivity index is 1.76. The maximum atomic E-state index is 12.1. The molecule has 1 saturated carbocycles. The molecule has 1 N–H and O–H groups in total. The largest absolute Gasteiger partial charge is 0.263 e. The molecule has 1 aliphatic rings. The van der Waals surface area contributed by atoms with E-state index in [4.69, 9.17) is 0 Å². The molecule has 3 rings (SSSR count). The van der Waals surface area contributed by atoms with Gasteiger partial charge in [-0.1, -0.05) is 30.3 Å². The van der Waals surface area contributed by atoms with Gasteiger partial charge in [0.05, 0.1) is 5.25 Å². The van der Waals surface area contributed by atoms with Crippen LogP contribution in [0.5, 0.6) is 0 Å². The lowest BCUT2D eigenvalue weighted by molar-refractivity contribution is 0.567. The van der Waals surface area contributed by atoms with E-state index in [1.54, 1.807) is 6.20 Å². The Morgan fingerprint density at radius 2 is 1.96 bits per heavy atom. The quantitative estimate of drug-likeness (QED) is 0.783. The summed E-state index contributed by atoms with van der Waals surface area (Å²) >= 11 is 3.43. The summed E-state index contributed by atoms with van der Waals surface area (Å²) in [7, 11) is -3.17. The molecule has 4 nitrogen and oxygen atoms in total. The first-order valence-corrected chi connectivity index (χ1v) is 10.0. The van der Waals surface area contributed by atoms with Gasteiger partial charge in [0, 0.05) is 29.3 Å². The van der Waals surface area contributed by atoms with E-state index in [2.05, 4.69) is 25.6 Å². The maximum Gasteiger partial charge on any atom is 0.214 e. The Morgan fingerprint density at radius 1 is 1.22 bits per heavy atom. The van der Waals surface area contributed by atoms with Gasteiger partial charge in [0.1, 0.15) is 0 Å². The maximum absolute atomic E-state index is 12.1. The molecule has 122 valence electrons. The number of benzene rings is 1. The SMILES string of the molecule is O=S(=O)(NC[C@H](Cc1cncc(Br)c1)c1ccccc1)C1CC1. The summed E-state index contributed by atoms with van der Waals surface area (Å²) < 4.78 is 27.9. The minimum atomic E-state index is -3.17. The highest BCUT2D eigenvalue weighted by Crippen LogP contribution is 2.28. The Kier molecular flexibility index (Phi) is 5.14. The minimum absolute atomic E-state index is 0.0841. The van der Waals surface area contributed by atoms with E-state index in [1.165, 1.54) is 0 Å². The normalized spacial score (nSPS) is 16.2. The predicted octanol–water partition coefficient (Wildman–Crippen LogP) is 3.25. The van der Waals surface area contributed by atoms with E-state index >= 15 is 0 Å². The van der Waals surface area contributed by atoms with Crippen LogP contribution in [-0.2, 0) is 16.4 Å². The number of aromatic nitrogens is 1. The molecule has 0 spiro atoms. The van der Waals surface area contributed by atoms with E-state index in [1.807, 2.05) is 42.6 Å². The second kappa shape index (κ2) is 7.11. The van der Waals surface area contributed by atoms with Crippen molar-refractivity contribution in [3.05, 3.63) is 64.4 Å². The number of pyridine rings is 1. The van der Waals surface area contributed by atoms with E-state index in [0.29, 0.717) is 6.54 Å². The highest BCUT2D eigenvalue weighted by Gasteiger charge is 2.35. The van der Waals surface area contributed by atoms with Crippen LogP contribution in [-0.4, -0.2) is 25.2 Å². The van der Waals surface area contributed by atoms with Crippen molar-refractivity contribution >= 4 is 26.0 Å². The molecule has 1 fully saturated rings. The summed E-state index contributed by atoms with van der Waals surface area (Å²) in [6.45, 7) is 0.412. The molecule has 1 aromatic heterocycles. The molecule has 0 unspecified atom stereocenters. The Hall–Kier alpha value is -1.24. The van der Waals surface area contributed by atoms with Crippen LogP contribution in [0.15, 0.2) is 53.3 Å². The van der Waals surface area contributed by atoms with E-state index in [9.17, 15) is 8.42 Å². The molecule has 1 aliphatic carbocycles. The number of halogens is 1. The second-order valence-corrected chi connectivity index (χ2v) is 8.88. The number of hydrogen-bond donors (Lipinski definition) is 1. The van der Waals surface area contributed by atoms with Crippen LogP contribution < -0.4 is 4.72 Å². The zero-order chi connectivity index (χ0) is 16.3. The van der Waals surface area contributed by atoms with Gasteiger partial charge in [0.2, 0.25) is 10.0 Å². The van der Waals surface area contributed by atoms with Crippen LogP contribution >= 0.6 is 15.9 Å². The molecule has 0 saturated heterocycles. The fourth-order valence-electron chi connectivity index (χ4n) is 2.60. The zero-order valence-electron chi connectivity index (χ0n) is 12.7. The zero-order valence-corrected chi connectivity index (χ0v) is 15.1. The molecule has 23 heavy (non-hydrogen) atoms. The van der Waals surface area contributed by atoms with Crippen LogP contribution in [0.3, 0.4) is 0 Å². The van der Waals surface area contributed by atoms with Crippen molar-refractivity contribution in [3.8, 4) is 0 Å². The average molecular weight is 395 g/mol. The van der Waals surface area contributed by atoms with Crippen molar-refractivity contribution in [2.75, 3.05) is 6.54 Å². The standard InChI is InChI=1S/C17H19BrN2O2S/c18-16-9-13(10-19-12-16)8-15(14-4-2-1-3-5-14)11-20-23(21,22)17-6-7-17/h1-5,9-10,12,15,17,20H,6-8,11H2/t15-/m0/s1. The van der Waals surface area contributed by atoms with Gasteiger partial charge in [-0.2, -0.15) is 0 Å². The topological polar surface area (TPSA) is 59.1 Å². The molecule has 0 bridgehead atoms. The van der Waals surface area contributed by atoms with Crippen LogP contribution in [0.1, 0.15) is 29.9 Å². The summed E-state index contributed by atoms with van der Waals surface area (Å²) in [5, 5.41) is -0.188. The lowest BCUT2D eigenvalue weighted by Crippen LogP contribution is -2.32. The summed E-state index contributed by atoms with van der Waals surface area (Å²) in [6, 6.07) is 12.0. The third kappa shape index (κ3) is 4.62. The fraction of sp³-hybridized carbons (Fsp3) is 0.353. The van der Waals surface area contributed by atoms with Gasteiger partial charge in [-0.15, -0.1) is 0 Å². The second-order valence-electron chi connectivity index (χ2n) is 5.92. The number of hydrogen-bond acceptors (Lipinski definition) is 3. The summed E-state index contributed by atoms with van der Waals surface area (Å²) in [5.74, 6) is 0.0841. The third-order valence-corrected chi connectivity index (χ3v) is 6.36. The summed E-state index contributed by atoms with van der Waals surface area (Å²) in [6.07, 6.45) is 5.87.